The molecule has 0 radical (unpaired) electrons. The third-order valence-electron chi connectivity index (χ3n) is 6.59. The Morgan fingerprint density at radius 3 is 2.47 bits per heavy atom. The second-order valence-corrected chi connectivity index (χ2v) is 11.6. The Balaban J connectivity index is 1.65. The summed E-state index contributed by atoms with van der Waals surface area (Å²) >= 11 is 3.55. The normalized spacial score (nSPS) is 17.6. The first-order valence-electron chi connectivity index (χ1n) is 12.6. The molecule has 0 fully saturated rings. The molecule has 3 aromatic rings. The van der Waals surface area contributed by atoms with Crippen LogP contribution in [0.25, 0.3) is 0 Å². The Bertz CT molecular complexity index is 1360. The number of esters is 1. The largest absolute Gasteiger partial charge is 0.497 e. The average Bonchev–Trinajstić information content (AvgIpc) is 2.88. The van der Waals surface area contributed by atoms with Crippen molar-refractivity contribution >= 4 is 39.2 Å². The molecule has 1 heterocycles. The van der Waals surface area contributed by atoms with Gasteiger partial charge in [0.15, 0.2) is 0 Å². The maximum atomic E-state index is 14.0. The average molecular weight is 578 g/mol. The van der Waals surface area contributed by atoms with Gasteiger partial charge in [0.05, 0.1) is 24.1 Å². The first kappa shape index (κ1) is 27.6. The lowest BCUT2D eigenvalue weighted by Crippen LogP contribution is -2.47. The van der Waals surface area contributed by atoms with Gasteiger partial charge < -0.3 is 14.8 Å². The number of rotatable bonds is 7. The maximum Gasteiger partial charge on any atom is 0.315 e. The number of methoxy groups -OCH3 is 1. The number of benzene rings is 3. The highest BCUT2D eigenvalue weighted by molar-refractivity contribution is 9.10. The Morgan fingerprint density at radius 1 is 1.05 bits per heavy atom. The van der Waals surface area contributed by atoms with E-state index in [0.717, 1.165) is 27.0 Å². The monoisotopic (exact) mass is 576 g/mol. The minimum absolute atomic E-state index is 0.0810. The van der Waals surface area contributed by atoms with Gasteiger partial charge in [0.2, 0.25) is 5.91 Å². The minimum atomic E-state index is -0.904. The molecule has 198 valence electrons. The van der Waals surface area contributed by atoms with Gasteiger partial charge >= 0.3 is 5.97 Å². The zero-order valence-corrected chi connectivity index (χ0v) is 24.0. The standard InChI is InChI=1S/C31H33BrN2O4/c1-30(2,3)38-28(35)24(21-12-9-13-23(16-21)37-5)19-33-29(36)31(4)18-27(20-10-7-6-8-11-20)34-26-15-14-22(32)17-25(26)31/h6-17,24H,18-19H2,1-5H3,(H,33,36). The van der Waals surface area contributed by atoms with Crippen molar-refractivity contribution in [1.82, 2.24) is 5.32 Å². The van der Waals surface area contributed by atoms with Crippen LogP contribution in [0, 0.1) is 0 Å². The number of nitrogens with zero attached hydrogens (tertiary/aromatic N) is 1. The molecule has 0 saturated carbocycles. The Hall–Kier alpha value is -3.45. The van der Waals surface area contributed by atoms with E-state index in [1.54, 1.807) is 13.2 Å². The summed E-state index contributed by atoms with van der Waals surface area (Å²) in [6, 6.07) is 23.0. The number of fused-ring (bicyclic) bond motifs is 1. The lowest BCUT2D eigenvalue weighted by atomic mass is 9.73. The molecule has 0 spiro atoms. The molecular weight excluding hydrogens is 544 g/mol. The molecule has 0 aromatic heterocycles. The van der Waals surface area contributed by atoms with Gasteiger partial charge in [-0.05, 0) is 74.7 Å². The van der Waals surface area contributed by atoms with Crippen LogP contribution in [0.2, 0.25) is 0 Å². The van der Waals surface area contributed by atoms with Crippen LogP contribution in [0.15, 0.2) is 82.3 Å². The molecule has 2 atom stereocenters. The summed E-state index contributed by atoms with van der Waals surface area (Å²) in [6.45, 7) is 7.49. The summed E-state index contributed by atoms with van der Waals surface area (Å²) < 4.78 is 12.0. The molecule has 0 aliphatic carbocycles. The molecule has 4 rings (SSSR count). The first-order chi connectivity index (χ1) is 18.0. The topological polar surface area (TPSA) is 77.0 Å². The van der Waals surface area contributed by atoms with Crippen LogP contribution in [-0.4, -0.2) is 36.8 Å². The van der Waals surface area contributed by atoms with E-state index in [0.29, 0.717) is 17.7 Å². The molecule has 6 nitrogen and oxygen atoms in total. The van der Waals surface area contributed by atoms with Crippen molar-refractivity contribution in [1.29, 1.82) is 0 Å². The van der Waals surface area contributed by atoms with Crippen molar-refractivity contribution in [2.75, 3.05) is 13.7 Å². The van der Waals surface area contributed by atoms with Crippen LogP contribution in [0.5, 0.6) is 5.75 Å². The Labute approximate surface area is 232 Å². The third-order valence-corrected chi connectivity index (χ3v) is 7.09. The molecule has 1 aliphatic heterocycles. The summed E-state index contributed by atoms with van der Waals surface area (Å²) in [7, 11) is 1.58. The first-order valence-corrected chi connectivity index (χ1v) is 13.4. The number of ether oxygens (including phenoxy) is 2. The second kappa shape index (κ2) is 11.1. The van der Waals surface area contributed by atoms with E-state index in [2.05, 4.69) is 21.2 Å². The molecule has 1 amide bonds. The highest BCUT2D eigenvalue weighted by atomic mass is 79.9. The van der Waals surface area contributed by atoms with E-state index in [-0.39, 0.29) is 12.5 Å². The fraction of sp³-hybridized carbons (Fsp3) is 0.323. The van der Waals surface area contributed by atoms with Crippen LogP contribution < -0.4 is 10.1 Å². The smallest absolute Gasteiger partial charge is 0.315 e. The Kier molecular flexibility index (Phi) is 8.07. The molecule has 38 heavy (non-hydrogen) atoms. The van der Waals surface area contributed by atoms with Gasteiger partial charge in [-0.3, -0.25) is 14.6 Å². The van der Waals surface area contributed by atoms with Crippen LogP contribution in [0.4, 0.5) is 5.69 Å². The van der Waals surface area contributed by atoms with Crippen molar-refractivity contribution in [3.63, 3.8) is 0 Å². The van der Waals surface area contributed by atoms with Crippen LogP contribution in [0.3, 0.4) is 0 Å². The molecule has 0 saturated heterocycles. The van der Waals surface area contributed by atoms with E-state index in [4.69, 9.17) is 14.5 Å². The Morgan fingerprint density at radius 2 is 1.79 bits per heavy atom. The zero-order chi connectivity index (χ0) is 27.5. The predicted octanol–water partition coefficient (Wildman–Crippen LogP) is 6.48. The van der Waals surface area contributed by atoms with Crippen molar-refractivity contribution < 1.29 is 19.1 Å². The highest BCUT2D eigenvalue weighted by Gasteiger charge is 2.42. The van der Waals surface area contributed by atoms with Gasteiger partial charge in [0, 0.05) is 23.1 Å². The number of aliphatic imine (C=N–C) groups is 1. The predicted molar refractivity (Wildman–Crippen MR) is 153 cm³/mol. The number of nitrogens with one attached hydrogen (secondary N) is 1. The minimum Gasteiger partial charge on any atom is -0.497 e. The lowest BCUT2D eigenvalue weighted by Gasteiger charge is -2.34. The van der Waals surface area contributed by atoms with Gasteiger partial charge in [0.1, 0.15) is 11.4 Å². The third kappa shape index (κ3) is 6.16. The van der Waals surface area contributed by atoms with Crippen molar-refractivity contribution in [2.24, 2.45) is 4.99 Å². The zero-order valence-electron chi connectivity index (χ0n) is 22.4. The molecule has 3 aromatic carbocycles. The molecule has 7 heteroatoms. The van der Waals surface area contributed by atoms with E-state index in [9.17, 15) is 9.59 Å². The van der Waals surface area contributed by atoms with Gasteiger partial charge in [-0.25, -0.2) is 0 Å². The SMILES string of the molecule is COc1cccc(C(CNC(=O)C2(C)CC(c3ccccc3)=Nc3ccc(Br)cc32)C(=O)OC(C)(C)C)c1. The molecular formula is C31H33BrN2O4. The molecule has 1 N–H and O–H groups in total. The van der Waals surface area contributed by atoms with Crippen molar-refractivity contribution in [3.8, 4) is 5.75 Å². The second-order valence-electron chi connectivity index (χ2n) is 10.7. The summed E-state index contributed by atoms with van der Waals surface area (Å²) in [6.07, 6.45) is 0.419. The number of hydrogen-bond donors (Lipinski definition) is 1. The van der Waals surface area contributed by atoms with Crippen LogP contribution >= 0.6 is 15.9 Å². The number of carbonyl (C=O) groups excluding carboxylic acids is 2. The number of amides is 1. The highest BCUT2D eigenvalue weighted by Crippen LogP contribution is 2.42. The lowest BCUT2D eigenvalue weighted by molar-refractivity contribution is -0.156. The molecule has 0 bridgehead atoms. The fourth-order valence-electron chi connectivity index (χ4n) is 4.62. The van der Waals surface area contributed by atoms with Crippen LogP contribution in [0.1, 0.15) is 56.7 Å². The number of hydrogen-bond acceptors (Lipinski definition) is 5. The van der Waals surface area contributed by atoms with Crippen molar-refractivity contribution in [3.05, 3.63) is 94.0 Å². The summed E-state index contributed by atoms with van der Waals surface area (Å²) in [5.41, 5.74) is 2.55. The fourth-order valence-corrected chi connectivity index (χ4v) is 4.98. The van der Waals surface area contributed by atoms with Gasteiger partial charge in [-0.15, -0.1) is 0 Å². The summed E-state index contributed by atoms with van der Waals surface area (Å²) in [5, 5.41) is 3.08. The maximum absolute atomic E-state index is 14.0. The molecule has 1 aliphatic rings. The summed E-state index contributed by atoms with van der Waals surface area (Å²) in [4.78, 5) is 32.1. The number of carbonyl (C=O) groups is 2. The van der Waals surface area contributed by atoms with E-state index in [1.165, 1.54) is 0 Å². The molecule has 2 unspecified atom stereocenters. The van der Waals surface area contributed by atoms with E-state index in [1.807, 2.05) is 94.4 Å². The van der Waals surface area contributed by atoms with Gasteiger partial charge in [-0.2, -0.15) is 0 Å². The van der Waals surface area contributed by atoms with Gasteiger partial charge in [0.25, 0.3) is 0 Å². The quantitative estimate of drug-likeness (QED) is 0.326. The van der Waals surface area contributed by atoms with E-state index >= 15 is 0 Å². The van der Waals surface area contributed by atoms with Crippen LogP contribution in [-0.2, 0) is 19.7 Å². The van der Waals surface area contributed by atoms with Crippen molar-refractivity contribution in [2.45, 2.75) is 51.0 Å². The van der Waals surface area contributed by atoms with E-state index < -0.39 is 22.9 Å². The van der Waals surface area contributed by atoms with Gasteiger partial charge in [-0.1, -0.05) is 58.4 Å². The number of halogens is 1. The summed E-state index contributed by atoms with van der Waals surface area (Å²) in [5.74, 6) is -0.667.